The van der Waals surface area contributed by atoms with E-state index in [0.29, 0.717) is 36.7 Å². The number of halogens is 3. The number of anilines is 1. The summed E-state index contributed by atoms with van der Waals surface area (Å²) in [5.41, 5.74) is -0.859. The third kappa shape index (κ3) is 2.73. The normalized spacial score (nSPS) is 23.1. The van der Waals surface area contributed by atoms with Crippen molar-refractivity contribution in [3.8, 4) is 0 Å². The average Bonchev–Trinajstić information content (AvgIpc) is 2.67. The highest BCUT2D eigenvalue weighted by molar-refractivity contribution is 5.94. The number of carboxylic acid groups (broad SMARTS) is 1. The van der Waals surface area contributed by atoms with Crippen LogP contribution in [-0.4, -0.2) is 24.2 Å². The van der Waals surface area contributed by atoms with Crippen molar-refractivity contribution < 1.29 is 23.1 Å². The van der Waals surface area contributed by atoms with E-state index in [1.54, 1.807) is 0 Å². The molecule has 2 rings (SSSR count). The number of benzene rings is 1. The van der Waals surface area contributed by atoms with Crippen molar-refractivity contribution in [3.05, 3.63) is 29.3 Å². The van der Waals surface area contributed by atoms with Crippen LogP contribution in [0.5, 0.6) is 0 Å². The van der Waals surface area contributed by atoms with E-state index in [-0.39, 0.29) is 5.56 Å². The Morgan fingerprint density at radius 2 is 1.80 bits per heavy atom. The number of hydrogen-bond acceptors (Lipinski definition) is 2. The largest absolute Gasteiger partial charge is 0.478 e. The van der Waals surface area contributed by atoms with E-state index < -0.39 is 17.7 Å². The maximum absolute atomic E-state index is 12.7. The van der Waals surface area contributed by atoms with Crippen LogP contribution in [0.3, 0.4) is 0 Å². The zero-order valence-electron chi connectivity index (χ0n) is 11.2. The molecule has 1 saturated heterocycles. The molecule has 1 aromatic carbocycles. The molecular weight excluding hydrogens is 271 g/mol. The highest BCUT2D eigenvalue weighted by atomic mass is 19.4. The Bertz CT molecular complexity index is 518. The molecular formula is C14H16F3NO2. The van der Waals surface area contributed by atoms with E-state index in [9.17, 15) is 18.0 Å². The van der Waals surface area contributed by atoms with E-state index in [1.807, 2.05) is 4.90 Å². The molecule has 2 atom stereocenters. The highest BCUT2D eigenvalue weighted by Crippen LogP contribution is 2.35. The maximum Gasteiger partial charge on any atom is 0.416 e. The lowest BCUT2D eigenvalue weighted by Crippen LogP contribution is -2.23. The third-order valence-corrected chi connectivity index (χ3v) is 3.88. The minimum Gasteiger partial charge on any atom is -0.478 e. The van der Waals surface area contributed by atoms with Gasteiger partial charge in [-0.2, -0.15) is 13.2 Å². The van der Waals surface area contributed by atoms with Crippen LogP contribution in [0.2, 0.25) is 0 Å². The van der Waals surface area contributed by atoms with Gasteiger partial charge in [0, 0.05) is 13.1 Å². The Morgan fingerprint density at radius 1 is 1.25 bits per heavy atom. The van der Waals surface area contributed by atoms with Crippen molar-refractivity contribution in [2.45, 2.75) is 20.0 Å². The van der Waals surface area contributed by atoms with Gasteiger partial charge in [-0.25, -0.2) is 4.79 Å². The molecule has 1 fully saturated rings. The quantitative estimate of drug-likeness (QED) is 0.905. The van der Waals surface area contributed by atoms with Crippen molar-refractivity contribution in [1.29, 1.82) is 0 Å². The van der Waals surface area contributed by atoms with Crippen molar-refractivity contribution in [2.24, 2.45) is 11.8 Å². The van der Waals surface area contributed by atoms with Crippen LogP contribution in [0.4, 0.5) is 18.9 Å². The number of hydrogen-bond donors (Lipinski definition) is 1. The summed E-state index contributed by atoms with van der Waals surface area (Å²) in [7, 11) is 0. The molecule has 1 N–H and O–H groups in total. The molecule has 1 aliphatic heterocycles. The summed E-state index contributed by atoms with van der Waals surface area (Å²) in [6.07, 6.45) is -4.53. The summed E-state index contributed by atoms with van der Waals surface area (Å²) in [4.78, 5) is 13.1. The second-order valence-corrected chi connectivity index (χ2v) is 5.39. The number of alkyl halides is 3. The topological polar surface area (TPSA) is 40.5 Å². The predicted octanol–water partition coefficient (Wildman–Crippen LogP) is 3.50. The molecule has 3 nitrogen and oxygen atoms in total. The summed E-state index contributed by atoms with van der Waals surface area (Å²) < 4.78 is 38.0. The molecule has 0 bridgehead atoms. The molecule has 0 aromatic heterocycles. The molecule has 2 unspecified atom stereocenters. The zero-order chi connectivity index (χ0) is 15.1. The van der Waals surface area contributed by atoms with Gasteiger partial charge in [0.25, 0.3) is 0 Å². The van der Waals surface area contributed by atoms with Gasteiger partial charge in [-0.05, 0) is 30.0 Å². The van der Waals surface area contributed by atoms with Crippen molar-refractivity contribution in [1.82, 2.24) is 0 Å². The number of carboxylic acids is 1. The fourth-order valence-electron chi connectivity index (χ4n) is 2.49. The molecule has 0 saturated carbocycles. The molecule has 1 heterocycles. The second-order valence-electron chi connectivity index (χ2n) is 5.39. The van der Waals surface area contributed by atoms with Crippen LogP contribution < -0.4 is 4.90 Å². The lowest BCUT2D eigenvalue weighted by Gasteiger charge is -2.21. The summed E-state index contributed by atoms with van der Waals surface area (Å²) in [5, 5.41) is 9.15. The van der Waals surface area contributed by atoms with E-state index >= 15 is 0 Å². The van der Waals surface area contributed by atoms with Crippen LogP contribution in [0.25, 0.3) is 0 Å². The summed E-state index contributed by atoms with van der Waals surface area (Å²) in [6.45, 7) is 5.42. The number of rotatable bonds is 2. The van der Waals surface area contributed by atoms with E-state index in [0.717, 1.165) is 6.07 Å². The molecule has 20 heavy (non-hydrogen) atoms. The van der Waals surface area contributed by atoms with Crippen LogP contribution in [-0.2, 0) is 6.18 Å². The predicted molar refractivity (Wildman–Crippen MR) is 68.9 cm³/mol. The minimum atomic E-state index is -4.53. The molecule has 110 valence electrons. The van der Waals surface area contributed by atoms with Gasteiger partial charge in [-0.3, -0.25) is 0 Å². The number of aromatic carboxylic acids is 1. The Kier molecular flexibility index (Phi) is 3.67. The lowest BCUT2D eigenvalue weighted by atomic mass is 10.0. The lowest BCUT2D eigenvalue weighted by molar-refractivity contribution is -0.137. The van der Waals surface area contributed by atoms with Crippen molar-refractivity contribution in [3.63, 3.8) is 0 Å². The van der Waals surface area contributed by atoms with Gasteiger partial charge in [0.1, 0.15) is 0 Å². The van der Waals surface area contributed by atoms with E-state index in [1.165, 1.54) is 6.07 Å². The van der Waals surface area contributed by atoms with Crippen LogP contribution in [0.15, 0.2) is 18.2 Å². The number of carbonyl (C=O) groups is 1. The summed E-state index contributed by atoms with van der Waals surface area (Å²) in [5.74, 6) is -0.559. The fourth-order valence-corrected chi connectivity index (χ4v) is 2.49. The smallest absolute Gasteiger partial charge is 0.416 e. The van der Waals surface area contributed by atoms with Crippen LogP contribution in [0.1, 0.15) is 29.8 Å². The molecule has 0 amide bonds. The Balaban J connectivity index is 2.41. The standard InChI is InChI=1S/C14H16F3NO2/c1-8-6-18(7-9(8)2)12-4-3-10(14(15,16)17)5-11(12)13(19)20/h3-5,8-9H,6-7H2,1-2H3,(H,19,20). The van der Waals surface area contributed by atoms with Gasteiger partial charge in [0.15, 0.2) is 0 Å². The van der Waals surface area contributed by atoms with Gasteiger partial charge < -0.3 is 10.0 Å². The maximum atomic E-state index is 12.7. The molecule has 0 aliphatic carbocycles. The molecule has 0 radical (unpaired) electrons. The highest BCUT2D eigenvalue weighted by Gasteiger charge is 2.34. The zero-order valence-corrected chi connectivity index (χ0v) is 11.2. The van der Waals surface area contributed by atoms with E-state index in [4.69, 9.17) is 5.11 Å². The van der Waals surface area contributed by atoms with Crippen molar-refractivity contribution >= 4 is 11.7 Å². The summed E-state index contributed by atoms with van der Waals surface area (Å²) in [6, 6.07) is 2.91. The third-order valence-electron chi connectivity index (χ3n) is 3.88. The first-order valence-electron chi connectivity index (χ1n) is 6.39. The first-order chi connectivity index (χ1) is 9.20. The molecule has 1 aliphatic rings. The fraction of sp³-hybridized carbons (Fsp3) is 0.500. The average molecular weight is 287 g/mol. The first-order valence-corrected chi connectivity index (χ1v) is 6.39. The number of nitrogens with zero attached hydrogens (tertiary/aromatic N) is 1. The van der Waals surface area contributed by atoms with Gasteiger partial charge in [-0.1, -0.05) is 13.8 Å². The van der Waals surface area contributed by atoms with E-state index in [2.05, 4.69) is 13.8 Å². The van der Waals surface area contributed by atoms with Gasteiger partial charge in [0.2, 0.25) is 0 Å². The first kappa shape index (κ1) is 14.7. The Morgan fingerprint density at radius 3 is 2.25 bits per heavy atom. The monoisotopic (exact) mass is 287 g/mol. The molecule has 6 heteroatoms. The minimum absolute atomic E-state index is 0.291. The van der Waals surface area contributed by atoms with Crippen LogP contribution in [0, 0.1) is 11.8 Å². The molecule has 1 aromatic rings. The van der Waals surface area contributed by atoms with Crippen molar-refractivity contribution in [2.75, 3.05) is 18.0 Å². The Labute approximate surface area is 115 Å². The van der Waals surface area contributed by atoms with Crippen LogP contribution >= 0.6 is 0 Å². The SMILES string of the molecule is CC1CN(c2ccc(C(F)(F)F)cc2C(=O)O)CC1C. The van der Waals surface area contributed by atoms with Gasteiger partial charge >= 0.3 is 12.1 Å². The van der Waals surface area contributed by atoms with Gasteiger partial charge in [0.05, 0.1) is 16.8 Å². The summed E-state index contributed by atoms with van der Waals surface area (Å²) >= 11 is 0. The molecule has 0 spiro atoms. The Hall–Kier alpha value is -1.72. The second kappa shape index (κ2) is 5.00. The van der Waals surface area contributed by atoms with Gasteiger partial charge in [-0.15, -0.1) is 0 Å².